The summed E-state index contributed by atoms with van der Waals surface area (Å²) in [6.07, 6.45) is 1.88. The molecule has 0 spiro atoms. The van der Waals surface area contributed by atoms with E-state index in [1.54, 1.807) is 0 Å². The normalized spacial score (nSPS) is 27.1. The van der Waals surface area contributed by atoms with E-state index < -0.39 is 17.2 Å². The summed E-state index contributed by atoms with van der Waals surface area (Å²) >= 11 is 0. The summed E-state index contributed by atoms with van der Waals surface area (Å²) in [5.41, 5.74) is 14.2. The van der Waals surface area contributed by atoms with Crippen LogP contribution >= 0.6 is 0 Å². The molecule has 0 saturated carbocycles. The fourth-order valence-electron chi connectivity index (χ4n) is 3.59. The van der Waals surface area contributed by atoms with Crippen LogP contribution in [0, 0.1) is 5.92 Å². The molecule has 0 saturated heterocycles. The van der Waals surface area contributed by atoms with Crippen molar-refractivity contribution < 1.29 is 9.59 Å². The van der Waals surface area contributed by atoms with E-state index in [0.717, 1.165) is 22.3 Å². The van der Waals surface area contributed by atoms with Crippen LogP contribution in [-0.2, 0) is 15.0 Å². The minimum Gasteiger partial charge on any atom is -0.369 e. The Balaban J connectivity index is 2.49. The first-order chi connectivity index (χ1) is 9.39. The second-order valence-corrected chi connectivity index (χ2v) is 5.51. The number of carbonyl (C=O) groups is 2. The number of primary amides is 2. The lowest BCUT2D eigenvalue weighted by atomic mass is 9.60. The van der Waals surface area contributed by atoms with Crippen molar-refractivity contribution in [2.75, 3.05) is 0 Å². The number of hydrogen-bond acceptors (Lipinski definition) is 2. The summed E-state index contributed by atoms with van der Waals surface area (Å²) < 4.78 is 0. The smallest absolute Gasteiger partial charge is 0.245 e. The fourth-order valence-corrected chi connectivity index (χ4v) is 3.59. The number of rotatable bonds is 2. The van der Waals surface area contributed by atoms with Crippen LogP contribution in [0.4, 0.5) is 0 Å². The molecule has 4 heteroatoms. The van der Waals surface area contributed by atoms with Gasteiger partial charge in [0.2, 0.25) is 11.8 Å². The van der Waals surface area contributed by atoms with Gasteiger partial charge in [0.15, 0.2) is 0 Å². The maximum absolute atomic E-state index is 12.2. The van der Waals surface area contributed by atoms with Crippen LogP contribution in [0.15, 0.2) is 41.5 Å². The molecule has 2 atom stereocenters. The summed E-state index contributed by atoms with van der Waals surface area (Å²) in [6.45, 7) is 3.72. The minimum absolute atomic E-state index is 0.365. The van der Waals surface area contributed by atoms with Crippen LogP contribution in [0.2, 0.25) is 0 Å². The molecule has 4 nitrogen and oxygen atoms in total. The van der Waals surface area contributed by atoms with Crippen molar-refractivity contribution >= 4 is 17.4 Å². The Kier molecular flexibility index (Phi) is 2.42. The van der Waals surface area contributed by atoms with E-state index in [-0.39, 0.29) is 5.92 Å². The summed E-state index contributed by atoms with van der Waals surface area (Å²) in [4.78, 5) is 24.1. The number of hydrogen-bond donors (Lipinski definition) is 2. The van der Waals surface area contributed by atoms with E-state index in [0.29, 0.717) is 5.57 Å². The molecule has 0 aromatic heterocycles. The van der Waals surface area contributed by atoms with Gasteiger partial charge < -0.3 is 11.5 Å². The van der Waals surface area contributed by atoms with E-state index in [2.05, 4.69) is 0 Å². The molecular weight excluding hydrogens is 252 g/mol. The molecule has 102 valence electrons. The largest absolute Gasteiger partial charge is 0.369 e. The third kappa shape index (κ3) is 1.31. The van der Waals surface area contributed by atoms with Crippen molar-refractivity contribution in [3.63, 3.8) is 0 Å². The van der Waals surface area contributed by atoms with Gasteiger partial charge in [-0.25, -0.2) is 0 Å². The lowest BCUT2D eigenvalue weighted by Crippen LogP contribution is -2.49. The zero-order valence-electron chi connectivity index (χ0n) is 11.4. The third-order valence-electron chi connectivity index (χ3n) is 4.55. The van der Waals surface area contributed by atoms with Crippen LogP contribution in [-0.4, -0.2) is 11.8 Å². The van der Waals surface area contributed by atoms with E-state index in [1.165, 1.54) is 0 Å². The highest BCUT2D eigenvalue weighted by molar-refractivity contribution is 6.08. The molecule has 5 aliphatic rings. The molecule has 0 radical (unpaired) electrons. The molecule has 20 heavy (non-hydrogen) atoms. The highest BCUT2D eigenvalue weighted by atomic mass is 16.2. The predicted molar refractivity (Wildman–Crippen MR) is 76.3 cm³/mol. The van der Waals surface area contributed by atoms with Gasteiger partial charge in [-0.2, -0.15) is 0 Å². The maximum Gasteiger partial charge on any atom is 0.245 e. The summed E-state index contributed by atoms with van der Waals surface area (Å²) in [5.74, 6) is -1.32. The monoisotopic (exact) mass is 268 g/mol. The van der Waals surface area contributed by atoms with Gasteiger partial charge in [-0.3, -0.25) is 9.59 Å². The fraction of sp³-hybridized carbons (Fsp3) is 0.250. The van der Waals surface area contributed by atoms with Crippen LogP contribution in [0.3, 0.4) is 0 Å². The molecule has 6 rings (SSSR count). The number of nitrogens with two attached hydrogens (primary N) is 2. The van der Waals surface area contributed by atoms with Gasteiger partial charge in [0, 0.05) is 11.5 Å². The highest BCUT2D eigenvalue weighted by Gasteiger charge is 2.49. The molecule has 2 unspecified atom stereocenters. The Bertz CT molecular complexity index is 698. The second-order valence-electron chi connectivity index (χ2n) is 5.51. The molecule has 1 aromatic carbocycles. The first-order valence-corrected chi connectivity index (χ1v) is 6.54. The quantitative estimate of drug-likeness (QED) is 0.846. The lowest BCUT2D eigenvalue weighted by Gasteiger charge is -2.42. The van der Waals surface area contributed by atoms with E-state index in [9.17, 15) is 9.59 Å². The van der Waals surface area contributed by atoms with E-state index in [4.69, 9.17) is 11.5 Å². The molecule has 4 N–H and O–H groups in total. The van der Waals surface area contributed by atoms with E-state index in [1.807, 2.05) is 44.2 Å². The van der Waals surface area contributed by atoms with Crippen LogP contribution in [0.25, 0.3) is 5.57 Å². The molecule has 0 fully saturated rings. The highest BCUT2D eigenvalue weighted by Crippen LogP contribution is 2.49. The summed E-state index contributed by atoms with van der Waals surface area (Å²) in [7, 11) is 0. The van der Waals surface area contributed by atoms with Gasteiger partial charge in [0.05, 0.1) is 5.41 Å². The maximum atomic E-state index is 12.2. The topological polar surface area (TPSA) is 86.2 Å². The zero-order valence-corrected chi connectivity index (χ0v) is 11.4. The van der Waals surface area contributed by atoms with Crippen molar-refractivity contribution in [2.45, 2.75) is 19.3 Å². The average Bonchev–Trinajstić information content (AvgIpc) is 2.37. The SMILES string of the molecule is CC1=CC2(C(N)=O)c3ccc(cc3)C1=C(C(N)=O)C2C. The Morgan fingerprint density at radius 3 is 2.25 bits per heavy atom. The number of allylic oxidation sites excluding steroid dienone is 2. The summed E-state index contributed by atoms with van der Waals surface area (Å²) in [5, 5.41) is 0. The zero-order chi connectivity index (χ0) is 14.7. The molecule has 1 aromatic rings. The average molecular weight is 268 g/mol. The van der Waals surface area contributed by atoms with Crippen LogP contribution < -0.4 is 11.5 Å². The third-order valence-corrected chi connectivity index (χ3v) is 4.55. The van der Waals surface area contributed by atoms with Gasteiger partial charge >= 0.3 is 0 Å². The van der Waals surface area contributed by atoms with Gasteiger partial charge in [-0.05, 0) is 29.2 Å². The van der Waals surface area contributed by atoms with Crippen molar-refractivity contribution in [2.24, 2.45) is 17.4 Å². The van der Waals surface area contributed by atoms with Crippen LogP contribution in [0.5, 0.6) is 0 Å². The molecular formula is C16H16N2O2. The van der Waals surface area contributed by atoms with Gasteiger partial charge in [0.1, 0.15) is 0 Å². The Morgan fingerprint density at radius 2 is 1.75 bits per heavy atom. The van der Waals surface area contributed by atoms with Crippen molar-refractivity contribution in [3.05, 3.63) is 52.6 Å². The van der Waals surface area contributed by atoms with E-state index >= 15 is 0 Å². The first kappa shape index (κ1) is 12.7. The van der Waals surface area contributed by atoms with Gasteiger partial charge in [0.25, 0.3) is 0 Å². The Morgan fingerprint density at radius 1 is 1.15 bits per heavy atom. The molecule has 0 aliphatic heterocycles. The Labute approximate surface area is 117 Å². The molecule has 5 aliphatic carbocycles. The lowest BCUT2D eigenvalue weighted by molar-refractivity contribution is -0.123. The molecule has 4 bridgehead atoms. The Hall–Kier alpha value is -2.36. The molecule has 2 amide bonds. The first-order valence-electron chi connectivity index (χ1n) is 6.54. The number of amides is 2. The van der Waals surface area contributed by atoms with Gasteiger partial charge in [-0.1, -0.05) is 37.3 Å². The number of carbonyl (C=O) groups excluding carboxylic acids is 2. The minimum atomic E-state index is -1.00. The van der Waals surface area contributed by atoms with Crippen molar-refractivity contribution in [1.29, 1.82) is 0 Å². The van der Waals surface area contributed by atoms with Crippen LogP contribution in [0.1, 0.15) is 25.0 Å². The van der Waals surface area contributed by atoms with Gasteiger partial charge in [-0.15, -0.1) is 0 Å². The van der Waals surface area contributed by atoms with Crippen molar-refractivity contribution in [3.8, 4) is 0 Å². The second kappa shape index (κ2) is 3.82. The predicted octanol–water partition coefficient (Wildman–Crippen LogP) is 1.26. The molecule has 0 heterocycles. The standard InChI is InChI=1S/C16H16N2O2/c1-8-7-16(15(18)20)9(2)13(14(17)19)12(8)10-3-5-11(16)6-4-10/h3-7,9H,1-2H3,(H2,17,19)(H2,18,20). The summed E-state index contributed by atoms with van der Waals surface area (Å²) in [6, 6.07) is 7.62. The number of benzene rings is 1. The van der Waals surface area contributed by atoms with Crippen molar-refractivity contribution in [1.82, 2.24) is 0 Å².